The molecule has 0 fully saturated rings. The molecule has 0 atom stereocenters. The van der Waals surface area contributed by atoms with Gasteiger partial charge in [0.25, 0.3) is 11.4 Å². The number of non-ortho nitro benzene ring substituents is 1. The number of phenolic OH excluding ortho intramolecular Hbond substituents is 1. The van der Waals surface area contributed by atoms with Crippen molar-refractivity contribution in [2.75, 3.05) is 24.8 Å². The van der Waals surface area contributed by atoms with Gasteiger partial charge >= 0.3 is 11.4 Å². The van der Waals surface area contributed by atoms with E-state index in [0.717, 1.165) is 0 Å². The largest absolute Gasteiger partial charge is 0.632 e. The first-order chi connectivity index (χ1) is 12.7. The third-order valence-corrected chi connectivity index (χ3v) is 4.11. The lowest BCUT2D eigenvalue weighted by atomic mass is 10.1. The molecule has 0 aliphatic heterocycles. The van der Waals surface area contributed by atoms with Crippen LogP contribution < -0.4 is 0 Å². The van der Waals surface area contributed by atoms with E-state index in [0.29, 0.717) is 37.0 Å². The Balaban J connectivity index is 0.000000546. The van der Waals surface area contributed by atoms with Crippen molar-refractivity contribution in [3.63, 3.8) is 0 Å². The Morgan fingerprint density at radius 3 is 1.50 bits per heavy atom. The van der Waals surface area contributed by atoms with Gasteiger partial charge in [0.15, 0.2) is 0 Å². The minimum absolute atomic E-state index is 0.306. The minimum Gasteiger partial charge on any atom is -0.632 e. The van der Waals surface area contributed by atoms with Gasteiger partial charge in [-0.2, -0.15) is 0 Å². The van der Waals surface area contributed by atoms with Gasteiger partial charge in [0, 0.05) is 0 Å². The topological polar surface area (TPSA) is 173 Å². The summed E-state index contributed by atoms with van der Waals surface area (Å²) in [7, 11) is 0. The molecule has 158 valence electrons. The molecule has 0 aliphatic rings. The number of hydroxylamine groups is 3. The van der Waals surface area contributed by atoms with E-state index in [1.165, 1.54) is 0 Å². The van der Waals surface area contributed by atoms with Crippen LogP contribution in [0.5, 0.6) is 5.75 Å². The quantitative estimate of drug-likeness (QED) is 0.287. The van der Waals surface area contributed by atoms with E-state index in [4.69, 9.17) is 28.3 Å². The molecule has 14 heteroatoms. The predicted molar refractivity (Wildman–Crippen MR) is 103 cm³/mol. The number of aromatic hydroxyl groups is 1. The van der Waals surface area contributed by atoms with Crippen LogP contribution in [0, 0.1) is 35.6 Å². The third-order valence-electron chi connectivity index (χ3n) is 3.77. The lowest BCUT2D eigenvalue weighted by molar-refractivity contribution is -0.921. The average molecular weight is 443 g/mol. The van der Waals surface area contributed by atoms with E-state index in [1.54, 1.807) is 0 Å². The molecule has 12 nitrogen and oxygen atoms in total. The molecule has 1 N–H and O–H groups in total. The standard InChI is InChI=1S/C8H17Cl2NO.C6H3N3O7/c1-8(2,3)11(12,6-4-9)7-5-10;10-6-4(8(13)14)1-3(7(11)12)2-5(6)9(15)16/h4-7H2,1-3H3;1-2,10H. The first kappa shape index (κ1) is 25.7. The fourth-order valence-corrected chi connectivity index (χ4v) is 2.58. The van der Waals surface area contributed by atoms with Gasteiger partial charge in [-0.25, -0.2) is 0 Å². The number of hydrogen-bond donors (Lipinski definition) is 1. The minimum atomic E-state index is -1.21. The second-order valence-corrected chi connectivity index (χ2v) is 7.25. The van der Waals surface area contributed by atoms with E-state index in [2.05, 4.69) is 0 Å². The number of quaternary nitrogens is 1. The first-order valence-corrected chi connectivity index (χ1v) is 8.79. The lowest BCUT2D eigenvalue weighted by Gasteiger charge is -2.52. The number of rotatable bonds is 7. The summed E-state index contributed by atoms with van der Waals surface area (Å²) >= 11 is 11.1. The third kappa shape index (κ3) is 6.71. The zero-order chi connectivity index (χ0) is 22.3. The molecule has 0 saturated carbocycles. The summed E-state index contributed by atoms with van der Waals surface area (Å²) in [5, 5.41) is 52.3. The highest BCUT2D eigenvalue weighted by molar-refractivity contribution is 6.18. The van der Waals surface area contributed by atoms with Crippen molar-refractivity contribution in [2.24, 2.45) is 0 Å². The zero-order valence-electron chi connectivity index (χ0n) is 15.3. The number of nitro groups is 3. The molecule has 0 saturated heterocycles. The number of phenols is 1. The molecule has 1 aromatic carbocycles. The van der Waals surface area contributed by atoms with Crippen LogP contribution in [-0.2, 0) is 0 Å². The van der Waals surface area contributed by atoms with Crippen molar-refractivity contribution in [1.29, 1.82) is 0 Å². The first-order valence-electron chi connectivity index (χ1n) is 7.72. The Hall–Kier alpha value is -2.28. The van der Waals surface area contributed by atoms with Crippen molar-refractivity contribution in [3.8, 4) is 5.75 Å². The van der Waals surface area contributed by atoms with Gasteiger partial charge in [0.2, 0.25) is 0 Å². The van der Waals surface area contributed by atoms with Gasteiger partial charge < -0.3 is 15.0 Å². The van der Waals surface area contributed by atoms with Crippen LogP contribution in [0.25, 0.3) is 0 Å². The zero-order valence-corrected chi connectivity index (χ0v) is 16.8. The lowest BCUT2D eigenvalue weighted by Crippen LogP contribution is -2.57. The Bertz CT molecular complexity index is 698. The van der Waals surface area contributed by atoms with Gasteiger partial charge in [-0.3, -0.25) is 30.3 Å². The van der Waals surface area contributed by atoms with E-state index in [9.17, 15) is 35.6 Å². The van der Waals surface area contributed by atoms with Gasteiger partial charge in [-0.15, -0.1) is 23.2 Å². The SMILES string of the molecule is CC(C)(C)[N+]([O-])(CCCl)CCCl.O=[N+]([O-])c1cc([N+](=O)[O-])c(O)c([N+](=O)[O-])c1. The van der Waals surface area contributed by atoms with Crippen LogP contribution in [0.1, 0.15) is 20.8 Å². The van der Waals surface area contributed by atoms with Crippen molar-refractivity contribution in [3.05, 3.63) is 47.7 Å². The summed E-state index contributed by atoms with van der Waals surface area (Å²) in [5.41, 5.74) is -3.33. The van der Waals surface area contributed by atoms with Gasteiger partial charge in [-0.1, -0.05) is 0 Å². The molecular formula is C14H20Cl2N4O8. The highest BCUT2D eigenvalue weighted by Crippen LogP contribution is 2.38. The molecule has 0 bridgehead atoms. The van der Waals surface area contributed by atoms with E-state index in [1.807, 2.05) is 20.8 Å². The maximum atomic E-state index is 12.1. The fraction of sp³-hybridized carbons (Fsp3) is 0.571. The number of halogens is 2. The Morgan fingerprint density at radius 1 is 0.929 bits per heavy atom. The monoisotopic (exact) mass is 442 g/mol. The molecule has 0 spiro atoms. The predicted octanol–water partition coefficient (Wildman–Crippen LogP) is 3.69. The Kier molecular flexibility index (Phi) is 9.48. The molecular weight excluding hydrogens is 423 g/mol. The number of alkyl halides is 2. The summed E-state index contributed by atoms with van der Waals surface area (Å²) in [4.78, 5) is 27.8. The van der Waals surface area contributed by atoms with Gasteiger partial charge in [-0.05, 0) is 20.8 Å². The molecule has 0 radical (unpaired) electrons. The summed E-state index contributed by atoms with van der Waals surface area (Å²) in [5.74, 6) is -0.435. The number of benzene rings is 1. The van der Waals surface area contributed by atoms with Gasteiger partial charge in [0.05, 0.1) is 57.3 Å². The highest BCUT2D eigenvalue weighted by atomic mass is 35.5. The molecule has 0 aromatic heterocycles. The molecule has 1 aromatic rings. The Morgan fingerprint density at radius 2 is 1.29 bits per heavy atom. The van der Waals surface area contributed by atoms with E-state index < -0.39 is 37.6 Å². The summed E-state index contributed by atoms with van der Waals surface area (Å²) in [6, 6.07) is 0.894. The van der Waals surface area contributed by atoms with Crippen LogP contribution in [0.2, 0.25) is 0 Å². The van der Waals surface area contributed by atoms with E-state index in [-0.39, 0.29) is 10.2 Å². The summed E-state index contributed by atoms with van der Waals surface area (Å²) in [6.07, 6.45) is 0. The second-order valence-electron chi connectivity index (χ2n) is 6.49. The molecule has 0 aliphatic carbocycles. The maximum Gasteiger partial charge on any atom is 0.324 e. The molecule has 0 amide bonds. The van der Waals surface area contributed by atoms with Crippen LogP contribution in [0.15, 0.2) is 12.1 Å². The second kappa shape index (κ2) is 10.3. The van der Waals surface area contributed by atoms with Crippen molar-refractivity contribution >= 4 is 40.3 Å². The Labute approximate surface area is 169 Å². The van der Waals surface area contributed by atoms with Gasteiger partial charge in [0.1, 0.15) is 0 Å². The number of hydrogen-bond acceptors (Lipinski definition) is 8. The number of nitrogens with zero attached hydrogens (tertiary/aromatic N) is 4. The van der Waals surface area contributed by atoms with Crippen molar-refractivity contribution in [1.82, 2.24) is 0 Å². The normalized spacial score (nSPS) is 11.4. The van der Waals surface area contributed by atoms with Crippen LogP contribution in [-0.4, -0.2) is 54.9 Å². The summed E-state index contributed by atoms with van der Waals surface area (Å²) in [6.45, 7) is 6.60. The van der Waals surface area contributed by atoms with Crippen LogP contribution >= 0.6 is 23.2 Å². The molecule has 0 unspecified atom stereocenters. The van der Waals surface area contributed by atoms with Crippen molar-refractivity contribution < 1.29 is 24.5 Å². The van der Waals surface area contributed by atoms with Crippen molar-refractivity contribution in [2.45, 2.75) is 26.3 Å². The van der Waals surface area contributed by atoms with Crippen LogP contribution in [0.3, 0.4) is 0 Å². The number of nitro benzene ring substituents is 3. The average Bonchev–Trinajstić information content (AvgIpc) is 2.54. The maximum absolute atomic E-state index is 12.1. The summed E-state index contributed by atoms with van der Waals surface area (Å²) < 4.78 is -0.306. The van der Waals surface area contributed by atoms with Crippen LogP contribution in [0.4, 0.5) is 17.1 Å². The smallest absolute Gasteiger partial charge is 0.324 e. The van der Waals surface area contributed by atoms with E-state index >= 15 is 0 Å². The highest BCUT2D eigenvalue weighted by Gasteiger charge is 2.31. The fourth-order valence-electron chi connectivity index (χ4n) is 2.03. The molecule has 1 rings (SSSR count). The molecule has 28 heavy (non-hydrogen) atoms. The molecule has 0 heterocycles.